The zero-order valence-electron chi connectivity index (χ0n) is 17.8. The van der Waals surface area contributed by atoms with Crippen LogP contribution in [0.5, 0.6) is 0 Å². The molecule has 0 atom stereocenters. The summed E-state index contributed by atoms with van der Waals surface area (Å²) in [5, 5.41) is 3.47. The maximum absolute atomic E-state index is 3.47. The standard InChI is InChI=1S/C29H27N/c1-21-9-15-27(16-10-21)30-28-17-12-24(13-18-28)20-29(25-7-5-4-6-8-25)26-14-11-22(2)23(3)19-26/h4-20,30H,1-3H3/b29-20+. The Morgan fingerprint density at radius 3 is 1.87 bits per heavy atom. The second-order valence-electron chi connectivity index (χ2n) is 7.84. The van der Waals surface area contributed by atoms with E-state index in [0.29, 0.717) is 0 Å². The number of aryl methyl sites for hydroxylation is 3. The topological polar surface area (TPSA) is 12.0 Å². The quantitative estimate of drug-likeness (QED) is 0.342. The maximum atomic E-state index is 3.47. The molecule has 4 aromatic rings. The third-order valence-electron chi connectivity index (χ3n) is 5.46. The van der Waals surface area contributed by atoms with Crippen LogP contribution in [0, 0.1) is 20.8 Å². The molecule has 0 fully saturated rings. The van der Waals surface area contributed by atoms with E-state index in [9.17, 15) is 0 Å². The van der Waals surface area contributed by atoms with Crippen LogP contribution >= 0.6 is 0 Å². The Balaban J connectivity index is 1.66. The molecule has 0 aliphatic rings. The van der Waals surface area contributed by atoms with E-state index >= 15 is 0 Å². The molecule has 1 N–H and O–H groups in total. The summed E-state index contributed by atoms with van der Waals surface area (Å²) < 4.78 is 0. The largest absolute Gasteiger partial charge is 0.356 e. The molecule has 4 aromatic carbocycles. The van der Waals surface area contributed by atoms with Crippen molar-refractivity contribution in [3.63, 3.8) is 0 Å². The lowest BCUT2D eigenvalue weighted by molar-refractivity contribution is 1.33. The highest BCUT2D eigenvalue weighted by molar-refractivity contribution is 5.91. The van der Waals surface area contributed by atoms with Crippen molar-refractivity contribution in [2.24, 2.45) is 0 Å². The molecule has 0 bridgehead atoms. The van der Waals surface area contributed by atoms with Gasteiger partial charge in [0.25, 0.3) is 0 Å². The Morgan fingerprint density at radius 2 is 1.23 bits per heavy atom. The van der Waals surface area contributed by atoms with Gasteiger partial charge in [0.2, 0.25) is 0 Å². The first-order valence-corrected chi connectivity index (χ1v) is 10.4. The Kier molecular flexibility index (Phi) is 5.81. The zero-order chi connectivity index (χ0) is 20.9. The summed E-state index contributed by atoms with van der Waals surface area (Å²) in [4.78, 5) is 0. The summed E-state index contributed by atoms with van der Waals surface area (Å²) in [6, 6.07) is 34.4. The van der Waals surface area contributed by atoms with Crippen molar-refractivity contribution in [1.82, 2.24) is 0 Å². The average Bonchev–Trinajstić information content (AvgIpc) is 2.77. The molecule has 4 rings (SSSR count). The molecular weight excluding hydrogens is 362 g/mol. The fourth-order valence-corrected chi connectivity index (χ4v) is 3.49. The molecule has 0 radical (unpaired) electrons. The van der Waals surface area contributed by atoms with Gasteiger partial charge in [-0.2, -0.15) is 0 Å². The summed E-state index contributed by atoms with van der Waals surface area (Å²) in [6.07, 6.45) is 2.27. The Hall–Kier alpha value is -3.58. The average molecular weight is 390 g/mol. The second-order valence-corrected chi connectivity index (χ2v) is 7.84. The van der Waals surface area contributed by atoms with Gasteiger partial charge in [0.1, 0.15) is 0 Å². The molecule has 1 heteroatoms. The van der Waals surface area contributed by atoms with Gasteiger partial charge in [0.15, 0.2) is 0 Å². The van der Waals surface area contributed by atoms with Crippen LogP contribution < -0.4 is 5.32 Å². The number of rotatable bonds is 5. The lowest BCUT2D eigenvalue weighted by Crippen LogP contribution is -1.92. The Morgan fingerprint density at radius 1 is 0.600 bits per heavy atom. The molecule has 30 heavy (non-hydrogen) atoms. The molecule has 0 aliphatic carbocycles. The Bertz CT molecular complexity index is 1150. The highest BCUT2D eigenvalue weighted by Crippen LogP contribution is 2.28. The van der Waals surface area contributed by atoms with E-state index in [1.165, 1.54) is 39.0 Å². The normalized spacial score (nSPS) is 11.4. The molecular formula is C29H27N. The lowest BCUT2D eigenvalue weighted by atomic mass is 9.93. The predicted molar refractivity (Wildman–Crippen MR) is 130 cm³/mol. The zero-order valence-corrected chi connectivity index (χ0v) is 17.8. The molecule has 0 heterocycles. The summed E-state index contributed by atoms with van der Waals surface area (Å²) >= 11 is 0. The first kappa shape index (κ1) is 19.7. The minimum atomic E-state index is 1.09. The fourth-order valence-electron chi connectivity index (χ4n) is 3.49. The van der Waals surface area contributed by atoms with Crippen molar-refractivity contribution >= 4 is 23.0 Å². The highest BCUT2D eigenvalue weighted by atomic mass is 14.9. The van der Waals surface area contributed by atoms with Gasteiger partial charge in [-0.1, -0.05) is 78.4 Å². The van der Waals surface area contributed by atoms with Crippen molar-refractivity contribution in [2.75, 3.05) is 5.32 Å². The van der Waals surface area contributed by atoms with E-state index < -0.39 is 0 Å². The van der Waals surface area contributed by atoms with Crippen LogP contribution in [0.4, 0.5) is 11.4 Å². The third kappa shape index (κ3) is 4.69. The van der Waals surface area contributed by atoms with Crippen LogP contribution in [0.3, 0.4) is 0 Å². The molecule has 0 saturated carbocycles. The van der Waals surface area contributed by atoms with E-state index in [2.05, 4.69) is 129 Å². The van der Waals surface area contributed by atoms with Crippen molar-refractivity contribution in [3.05, 3.63) is 130 Å². The maximum Gasteiger partial charge on any atom is 0.0384 e. The van der Waals surface area contributed by atoms with Gasteiger partial charge in [-0.25, -0.2) is 0 Å². The molecule has 0 unspecified atom stereocenters. The molecule has 0 aliphatic heterocycles. The summed E-state index contributed by atoms with van der Waals surface area (Å²) in [6.45, 7) is 6.43. The summed E-state index contributed by atoms with van der Waals surface area (Å²) in [5.74, 6) is 0. The predicted octanol–water partition coefficient (Wildman–Crippen LogP) is 7.94. The van der Waals surface area contributed by atoms with Crippen molar-refractivity contribution in [2.45, 2.75) is 20.8 Å². The van der Waals surface area contributed by atoms with E-state index in [1.807, 2.05) is 0 Å². The molecule has 0 aromatic heterocycles. The number of hydrogen-bond donors (Lipinski definition) is 1. The van der Waals surface area contributed by atoms with Crippen LogP contribution in [0.25, 0.3) is 11.6 Å². The monoisotopic (exact) mass is 389 g/mol. The number of hydrogen-bond acceptors (Lipinski definition) is 1. The number of nitrogens with one attached hydrogen (secondary N) is 1. The first-order valence-electron chi connectivity index (χ1n) is 10.4. The van der Waals surface area contributed by atoms with Crippen LogP contribution in [0.1, 0.15) is 33.4 Å². The fraction of sp³-hybridized carbons (Fsp3) is 0.103. The van der Waals surface area contributed by atoms with Gasteiger partial charge in [-0.3, -0.25) is 0 Å². The SMILES string of the molecule is Cc1ccc(Nc2ccc(/C=C(\c3ccccc3)c3ccc(C)c(C)c3)cc2)cc1. The smallest absolute Gasteiger partial charge is 0.0384 e. The van der Waals surface area contributed by atoms with Gasteiger partial charge in [-0.05, 0) is 84.5 Å². The van der Waals surface area contributed by atoms with E-state index in [0.717, 1.165) is 11.4 Å². The lowest BCUT2D eigenvalue weighted by Gasteiger charge is -2.12. The van der Waals surface area contributed by atoms with Crippen LogP contribution in [-0.2, 0) is 0 Å². The Labute approximate surface area is 179 Å². The van der Waals surface area contributed by atoms with Crippen molar-refractivity contribution < 1.29 is 0 Å². The van der Waals surface area contributed by atoms with Crippen LogP contribution in [0.2, 0.25) is 0 Å². The molecule has 148 valence electrons. The van der Waals surface area contributed by atoms with Crippen LogP contribution in [-0.4, -0.2) is 0 Å². The molecule has 0 amide bonds. The van der Waals surface area contributed by atoms with E-state index in [4.69, 9.17) is 0 Å². The highest BCUT2D eigenvalue weighted by Gasteiger charge is 2.07. The summed E-state index contributed by atoms with van der Waals surface area (Å²) in [5.41, 5.74) is 11.0. The first-order chi connectivity index (χ1) is 14.6. The number of anilines is 2. The van der Waals surface area contributed by atoms with Crippen molar-refractivity contribution in [3.8, 4) is 0 Å². The van der Waals surface area contributed by atoms with E-state index in [1.54, 1.807) is 0 Å². The van der Waals surface area contributed by atoms with E-state index in [-0.39, 0.29) is 0 Å². The molecule has 0 saturated heterocycles. The van der Waals surface area contributed by atoms with Gasteiger partial charge < -0.3 is 5.32 Å². The van der Waals surface area contributed by atoms with Gasteiger partial charge in [0, 0.05) is 11.4 Å². The summed E-state index contributed by atoms with van der Waals surface area (Å²) in [7, 11) is 0. The molecule has 1 nitrogen and oxygen atoms in total. The van der Waals surface area contributed by atoms with Crippen LogP contribution in [0.15, 0.2) is 97.1 Å². The number of benzene rings is 4. The van der Waals surface area contributed by atoms with Gasteiger partial charge in [0.05, 0.1) is 0 Å². The minimum Gasteiger partial charge on any atom is -0.356 e. The van der Waals surface area contributed by atoms with Gasteiger partial charge in [-0.15, -0.1) is 0 Å². The van der Waals surface area contributed by atoms with Gasteiger partial charge >= 0.3 is 0 Å². The second kappa shape index (κ2) is 8.84. The minimum absolute atomic E-state index is 1.09. The van der Waals surface area contributed by atoms with Crippen molar-refractivity contribution in [1.29, 1.82) is 0 Å². The third-order valence-corrected chi connectivity index (χ3v) is 5.46. The molecule has 0 spiro atoms.